The molecule has 0 bridgehead atoms. The average molecular weight is 455 g/mol. The molecule has 0 spiro atoms. The molecule has 7 heteroatoms. The Morgan fingerprint density at radius 1 is 1.24 bits per heavy atom. The van der Waals surface area contributed by atoms with Crippen LogP contribution in [-0.4, -0.2) is 61.4 Å². The molecule has 3 aliphatic rings. The molecule has 34 heavy (non-hydrogen) atoms. The maximum absolute atomic E-state index is 9.52. The van der Waals surface area contributed by atoms with Crippen LogP contribution in [-0.2, 0) is 11.3 Å². The van der Waals surface area contributed by atoms with E-state index in [4.69, 9.17) is 4.74 Å². The predicted molar refractivity (Wildman–Crippen MR) is 134 cm³/mol. The van der Waals surface area contributed by atoms with Gasteiger partial charge in [-0.25, -0.2) is 0 Å². The zero-order valence-electron chi connectivity index (χ0n) is 19.5. The van der Waals surface area contributed by atoms with E-state index < -0.39 is 0 Å². The largest absolute Gasteiger partial charge is 0.382 e. The van der Waals surface area contributed by atoms with Gasteiger partial charge < -0.3 is 20.3 Å². The van der Waals surface area contributed by atoms with Crippen LogP contribution in [0.4, 0.5) is 11.4 Å². The monoisotopic (exact) mass is 454 g/mol. The highest BCUT2D eigenvalue weighted by Crippen LogP contribution is 2.41. The van der Waals surface area contributed by atoms with Crippen LogP contribution in [0.1, 0.15) is 29.7 Å². The van der Waals surface area contributed by atoms with Crippen molar-refractivity contribution in [2.75, 3.05) is 49.5 Å². The number of hydrogen-bond donors (Lipinski definition) is 2. The Labute approximate surface area is 200 Å². The van der Waals surface area contributed by atoms with Gasteiger partial charge in [0.15, 0.2) is 0 Å². The minimum atomic E-state index is 0.221. The van der Waals surface area contributed by atoms with Crippen molar-refractivity contribution in [3.63, 3.8) is 0 Å². The van der Waals surface area contributed by atoms with Crippen molar-refractivity contribution in [3.8, 4) is 6.07 Å². The fraction of sp³-hybridized carbons (Fsp3) is 0.407. The lowest BCUT2D eigenvalue weighted by Gasteiger charge is -2.43. The van der Waals surface area contributed by atoms with E-state index in [-0.39, 0.29) is 6.10 Å². The Balaban J connectivity index is 1.24. The molecule has 1 aromatic heterocycles. The minimum absolute atomic E-state index is 0.221. The van der Waals surface area contributed by atoms with Crippen molar-refractivity contribution >= 4 is 22.3 Å². The first-order valence-electron chi connectivity index (χ1n) is 12.2. The van der Waals surface area contributed by atoms with Crippen LogP contribution in [0.3, 0.4) is 0 Å². The number of benzene rings is 2. The fourth-order valence-corrected chi connectivity index (χ4v) is 5.74. The van der Waals surface area contributed by atoms with Crippen LogP contribution < -0.4 is 15.5 Å². The van der Waals surface area contributed by atoms with E-state index >= 15 is 0 Å². The highest BCUT2D eigenvalue weighted by Gasteiger charge is 2.39. The van der Waals surface area contributed by atoms with Crippen molar-refractivity contribution in [1.29, 1.82) is 5.26 Å². The molecule has 2 fully saturated rings. The van der Waals surface area contributed by atoms with E-state index in [2.05, 4.69) is 68.7 Å². The predicted octanol–water partition coefficient (Wildman–Crippen LogP) is 3.27. The number of morpholine rings is 1. The number of rotatable bonds is 4. The third kappa shape index (κ3) is 3.78. The number of hydrogen-bond acceptors (Lipinski definition) is 7. The minimum Gasteiger partial charge on any atom is -0.382 e. The summed E-state index contributed by atoms with van der Waals surface area (Å²) in [6.07, 6.45) is 1.99. The van der Waals surface area contributed by atoms with Gasteiger partial charge in [0.2, 0.25) is 0 Å². The molecule has 2 N–H and O–H groups in total. The molecule has 7 nitrogen and oxygen atoms in total. The molecule has 0 radical (unpaired) electrons. The van der Waals surface area contributed by atoms with E-state index in [0.717, 1.165) is 56.8 Å². The van der Waals surface area contributed by atoms with Crippen LogP contribution >= 0.6 is 0 Å². The topological polar surface area (TPSA) is 76.5 Å². The standard InChI is InChI=1S/C27H30N6O/c1-18-15-32(25-7-4-19(12-28)27-24(25)3-2-8-30-27)17-26-23-6-5-21(11-20(23)16-33(18)26)31-14-22-13-29-9-10-34-22/h2-8,11,18,22,26,29,31H,9-10,13-17H2,1H3/t18?,22-,26?/m1/s1. The summed E-state index contributed by atoms with van der Waals surface area (Å²) in [5, 5.41) is 17.5. The molecular weight excluding hydrogens is 424 g/mol. The second-order valence-electron chi connectivity index (χ2n) is 9.58. The number of nitriles is 1. The Bertz CT molecular complexity index is 1250. The third-order valence-corrected chi connectivity index (χ3v) is 7.45. The number of piperazine rings is 1. The van der Waals surface area contributed by atoms with Gasteiger partial charge in [-0.2, -0.15) is 5.26 Å². The molecule has 0 amide bonds. The number of pyridine rings is 1. The zero-order valence-corrected chi connectivity index (χ0v) is 19.5. The molecule has 3 aliphatic heterocycles. The highest BCUT2D eigenvalue weighted by molar-refractivity contribution is 5.95. The van der Waals surface area contributed by atoms with Crippen LogP contribution in [0, 0.1) is 11.3 Å². The summed E-state index contributed by atoms with van der Waals surface area (Å²) >= 11 is 0. The highest BCUT2D eigenvalue weighted by atomic mass is 16.5. The number of aromatic nitrogens is 1. The van der Waals surface area contributed by atoms with Gasteiger partial charge in [0.25, 0.3) is 0 Å². The van der Waals surface area contributed by atoms with E-state index in [1.54, 1.807) is 6.20 Å². The van der Waals surface area contributed by atoms with Gasteiger partial charge in [0.1, 0.15) is 6.07 Å². The van der Waals surface area contributed by atoms with Crippen molar-refractivity contribution in [1.82, 2.24) is 15.2 Å². The number of fused-ring (bicyclic) bond motifs is 4. The van der Waals surface area contributed by atoms with Crippen LogP contribution in [0.25, 0.3) is 10.9 Å². The van der Waals surface area contributed by atoms with Crippen molar-refractivity contribution in [2.24, 2.45) is 0 Å². The molecule has 3 aromatic rings. The lowest BCUT2D eigenvalue weighted by molar-refractivity contribution is 0.0372. The van der Waals surface area contributed by atoms with Gasteiger partial charge in [-0.1, -0.05) is 6.07 Å². The van der Waals surface area contributed by atoms with E-state index in [9.17, 15) is 5.26 Å². The second kappa shape index (κ2) is 8.88. The number of nitrogens with one attached hydrogen (secondary N) is 2. The molecule has 2 unspecified atom stereocenters. The maximum Gasteiger partial charge on any atom is 0.101 e. The molecule has 4 heterocycles. The quantitative estimate of drug-likeness (QED) is 0.627. The number of ether oxygens (including phenoxy) is 1. The summed E-state index contributed by atoms with van der Waals surface area (Å²) in [5.41, 5.74) is 6.60. The molecule has 0 saturated carbocycles. The molecular formula is C27H30N6O. The Morgan fingerprint density at radius 3 is 3.03 bits per heavy atom. The van der Waals surface area contributed by atoms with Gasteiger partial charge in [0.05, 0.1) is 29.8 Å². The number of anilines is 2. The summed E-state index contributed by atoms with van der Waals surface area (Å²) in [6, 6.07) is 18.0. The molecule has 0 aliphatic carbocycles. The first-order chi connectivity index (χ1) is 16.7. The Kier molecular flexibility index (Phi) is 5.58. The van der Waals surface area contributed by atoms with Crippen LogP contribution in [0.5, 0.6) is 0 Å². The van der Waals surface area contributed by atoms with E-state index in [1.165, 1.54) is 22.5 Å². The zero-order chi connectivity index (χ0) is 23.1. The molecule has 6 rings (SSSR count). The third-order valence-electron chi connectivity index (χ3n) is 7.45. The molecule has 3 atom stereocenters. The van der Waals surface area contributed by atoms with Gasteiger partial charge in [0, 0.05) is 68.3 Å². The first kappa shape index (κ1) is 21.4. The van der Waals surface area contributed by atoms with Crippen LogP contribution in [0.15, 0.2) is 48.7 Å². The molecule has 2 saturated heterocycles. The lowest BCUT2D eigenvalue weighted by Crippen LogP contribution is -2.51. The Hall–Kier alpha value is -3.18. The summed E-state index contributed by atoms with van der Waals surface area (Å²) in [7, 11) is 0. The number of nitrogens with zero attached hydrogens (tertiary/aromatic N) is 4. The van der Waals surface area contributed by atoms with E-state index in [0.29, 0.717) is 17.6 Å². The van der Waals surface area contributed by atoms with Gasteiger partial charge in [-0.3, -0.25) is 9.88 Å². The SMILES string of the molecule is CC1CN(c2ccc(C#N)c3ncccc23)CC2c3ccc(NC[C@H]4CNCCO4)cc3CN12. The second-order valence-corrected chi connectivity index (χ2v) is 9.58. The first-order valence-corrected chi connectivity index (χ1v) is 12.2. The van der Waals surface area contributed by atoms with Crippen molar-refractivity contribution in [3.05, 3.63) is 65.4 Å². The summed E-state index contributed by atoms with van der Waals surface area (Å²) < 4.78 is 5.82. The van der Waals surface area contributed by atoms with Gasteiger partial charge >= 0.3 is 0 Å². The lowest BCUT2D eigenvalue weighted by atomic mass is 9.99. The van der Waals surface area contributed by atoms with Gasteiger partial charge in [-0.05, 0) is 54.4 Å². The molecule has 2 aromatic carbocycles. The Morgan fingerprint density at radius 2 is 2.18 bits per heavy atom. The summed E-state index contributed by atoms with van der Waals surface area (Å²) in [5.74, 6) is 0. The smallest absolute Gasteiger partial charge is 0.101 e. The normalized spacial score (nSPS) is 24.5. The van der Waals surface area contributed by atoms with E-state index in [1.807, 2.05) is 12.1 Å². The molecule has 174 valence electrons. The summed E-state index contributed by atoms with van der Waals surface area (Å²) in [6.45, 7) is 8.65. The van der Waals surface area contributed by atoms with Crippen LogP contribution in [0.2, 0.25) is 0 Å². The summed E-state index contributed by atoms with van der Waals surface area (Å²) in [4.78, 5) is 9.62. The van der Waals surface area contributed by atoms with Crippen molar-refractivity contribution < 1.29 is 4.74 Å². The maximum atomic E-state index is 9.52. The van der Waals surface area contributed by atoms with Gasteiger partial charge in [-0.15, -0.1) is 0 Å². The fourth-order valence-electron chi connectivity index (χ4n) is 5.74. The van der Waals surface area contributed by atoms with Crippen molar-refractivity contribution in [2.45, 2.75) is 31.7 Å². The average Bonchev–Trinajstić information content (AvgIpc) is 3.26.